The summed E-state index contributed by atoms with van der Waals surface area (Å²) in [6, 6.07) is 6.63. The van der Waals surface area contributed by atoms with Gasteiger partial charge < -0.3 is 9.64 Å². The Balaban J connectivity index is 2.17. The monoisotopic (exact) mass is 290 g/mol. The van der Waals surface area contributed by atoms with Gasteiger partial charge in [-0.1, -0.05) is 37.5 Å². The minimum Gasteiger partial charge on any atom is -0.367 e. The van der Waals surface area contributed by atoms with Crippen molar-refractivity contribution >= 4 is 0 Å². The summed E-state index contributed by atoms with van der Waals surface area (Å²) in [5, 5.41) is 0. The summed E-state index contributed by atoms with van der Waals surface area (Å²) in [6.45, 7) is 6.41. The molecule has 0 saturated heterocycles. The Labute approximate surface area is 130 Å². The van der Waals surface area contributed by atoms with E-state index in [0.717, 1.165) is 13.2 Å². The van der Waals surface area contributed by atoms with Crippen LogP contribution in [0.25, 0.3) is 0 Å². The Morgan fingerprint density at radius 1 is 1.10 bits per heavy atom. The Bertz CT molecular complexity index is 415. The van der Waals surface area contributed by atoms with Crippen LogP contribution in [-0.2, 0) is 4.74 Å². The molecule has 1 aromatic carbocycles. The van der Waals surface area contributed by atoms with Crippen LogP contribution in [-0.4, -0.2) is 27.2 Å². The summed E-state index contributed by atoms with van der Waals surface area (Å²) in [5.41, 5.74) is 4.24. The van der Waals surface area contributed by atoms with Crippen LogP contribution in [0.1, 0.15) is 54.9 Å². The minimum absolute atomic E-state index is 0.297. The van der Waals surface area contributed by atoms with E-state index in [1.54, 1.807) is 0 Å². The molecule has 2 nitrogen and oxygen atoms in total. The van der Waals surface area contributed by atoms with Crippen molar-refractivity contribution in [1.29, 1.82) is 0 Å². The number of ether oxygens (including phenoxy) is 1. The molecular formula is C19H32NO+. The number of likely N-dealkylation sites (N-methyl/N-ethyl adjacent to an activating group) is 1. The van der Waals surface area contributed by atoms with Crippen molar-refractivity contribution in [3.05, 3.63) is 34.9 Å². The van der Waals surface area contributed by atoms with E-state index >= 15 is 0 Å². The zero-order valence-corrected chi connectivity index (χ0v) is 14.2. The molecule has 1 N–H and O–H groups in total. The maximum atomic E-state index is 6.42. The highest BCUT2D eigenvalue weighted by Crippen LogP contribution is 2.39. The van der Waals surface area contributed by atoms with Gasteiger partial charge in [0.05, 0.1) is 26.8 Å². The van der Waals surface area contributed by atoms with Gasteiger partial charge in [-0.3, -0.25) is 0 Å². The summed E-state index contributed by atoms with van der Waals surface area (Å²) in [6.07, 6.45) is 7.09. The molecule has 1 aromatic rings. The van der Waals surface area contributed by atoms with E-state index < -0.39 is 0 Å². The largest absolute Gasteiger partial charge is 0.367 e. The van der Waals surface area contributed by atoms with Crippen molar-refractivity contribution in [3.63, 3.8) is 0 Å². The minimum atomic E-state index is 0.297. The van der Waals surface area contributed by atoms with Crippen molar-refractivity contribution in [2.24, 2.45) is 5.92 Å². The summed E-state index contributed by atoms with van der Waals surface area (Å²) < 4.78 is 6.42. The van der Waals surface area contributed by atoms with Crippen molar-refractivity contribution in [1.82, 2.24) is 0 Å². The Hall–Kier alpha value is -0.860. The van der Waals surface area contributed by atoms with Crippen LogP contribution < -0.4 is 4.90 Å². The van der Waals surface area contributed by atoms with Crippen molar-refractivity contribution in [3.8, 4) is 0 Å². The van der Waals surface area contributed by atoms with Crippen molar-refractivity contribution in [2.75, 3.05) is 27.2 Å². The molecule has 1 aliphatic rings. The molecule has 0 aliphatic heterocycles. The predicted octanol–water partition coefficient (Wildman–Crippen LogP) is 3.09. The van der Waals surface area contributed by atoms with Crippen LogP contribution in [0.4, 0.5) is 0 Å². The molecular weight excluding hydrogens is 258 g/mol. The van der Waals surface area contributed by atoms with Crippen molar-refractivity contribution < 1.29 is 9.64 Å². The molecule has 0 unspecified atom stereocenters. The molecule has 118 valence electrons. The van der Waals surface area contributed by atoms with Gasteiger partial charge in [-0.15, -0.1) is 0 Å². The number of benzene rings is 1. The number of quaternary nitrogens is 1. The smallest absolute Gasteiger partial charge is 0.100 e. The lowest BCUT2D eigenvalue weighted by Crippen LogP contribution is -3.06. The molecule has 0 bridgehead atoms. The number of aryl methyl sites for hydroxylation is 2. The molecule has 1 saturated carbocycles. The van der Waals surface area contributed by atoms with E-state index in [2.05, 4.69) is 46.1 Å². The van der Waals surface area contributed by atoms with Crippen LogP contribution in [0, 0.1) is 19.8 Å². The van der Waals surface area contributed by atoms with Gasteiger partial charge in [-0.05, 0) is 49.3 Å². The predicted molar refractivity (Wildman–Crippen MR) is 88.9 cm³/mol. The van der Waals surface area contributed by atoms with Crippen molar-refractivity contribution in [2.45, 2.75) is 52.1 Å². The van der Waals surface area contributed by atoms with E-state index in [1.165, 1.54) is 53.7 Å². The van der Waals surface area contributed by atoms with E-state index in [-0.39, 0.29) is 0 Å². The van der Waals surface area contributed by atoms with Gasteiger partial charge >= 0.3 is 0 Å². The van der Waals surface area contributed by atoms with Gasteiger partial charge in [0.15, 0.2) is 0 Å². The molecule has 2 heteroatoms. The molecule has 1 aliphatic carbocycles. The van der Waals surface area contributed by atoms with E-state index in [4.69, 9.17) is 4.74 Å². The maximum absolute atomic E-state index is 6.42. The van der Waals surface area contributed by atoms with Gasteiger partial charge in [-0.25, -0.2) is 0 Å². The van der Waals surface area contributed by atoms with Crippen LogP contribution in [0.3, 0.4) is 0 Å². The van der Waals surface area contributed by atoms with Crippen LogP contribution in [0.5, 0.6) is 0 Å². The third-order valence-corrected chi connectivity index (χ3v) is 4.80. The Kier molecular flexibility index (Phi) is 6.25. The van der Waals surface area contributed by atoms with Gasteiger partial charge in [0.1, 0.15) is 6.54 Å². The molecule has 0 amide bonds. The number of rotatable bonds is 6. The highest BCUT2D eigenvalue weighted by molar-refractivity contribution is 5.35. The van der Waals surface area contributed by atoms with Gasteiger partial charge in [0.2, 0.25) is 0 Å². The summed E-state index contributed by atoms with van der Waals surface area (Å²) in [4.78, 5) is 1.46. The molecule has 0 heterocycles. The topological polar surface area (TPSA) is 13.7 Å². The zero-order chi connectivity index (χ0) is 15.2. The Morgan fingerprint density at radius 2 is 1.71 bits per heavy atom. The second kappa shape index (κ2) is 7.95. The molecule has 0 spiro atoms. The summed E-state index contributed by atoms with van der Waals surface area (Å²) >= 11 is 0. The second-order valence-corrected chi connectivity index (χ2v) is 6.95. The van der Waals surface area contributed by atoms with E-state index in [1.807, 2.05) is 0 Å². The number of hydrogen-bond donors (Lipinski definition) is 1. The molecule has 21 heavy (non-hydrogen) atoms. The SMILES string of the molecule is Cc1cccc(C)c1[C@H](OCC[NH+](C)C)C1CCCCC1. The van der Waals surface area contributed by atoms with Crippen LogP contribution in [0.15, 0.2) is 18.2 Å². The first-order chi connectivity index (χ1) is 10.1. The summed E-state index contributed by atoms with van der Waals surface area (Å²) in [7, 11) is 4.38. The van der Waals surface area contributed by atoms with Crippen LogP contribution >= 0.6 is 0 Å². The molecule has 0 aromatic heterocycles. The third-order valence-electron chi connectivity index (χ3n) is 4.80. The average molecular weight is 290 g/mol. The number of nitrogens with one attached hydrogen (secondary N) is 1. The zero-order valence-electron chi connectivity index (χ0n) is 14.2. The first-order valence-electron chi connectivity index (χ1n) is 8.56. The van der Waals surface area contributed by atoms with E-state index in [0.29, 0.717) is 12.0 Å². The quantitative estimate of drug-likeness (QED) is 0.850. The maximum Gasteiger partial charge on any atom is 0.100 e. The highest BCUT2D eigenvalue weighted by atomic mass is 16.5. The summed E-state index contributed by atoms with van der Waals surface area (Å²) in [5.74, 6) is 0.704. The fraction of sp³-hybridized carbons (Fsp3) is 0.684. The normalized spacial score (nSPS) is 18.1. The highest BCUT2D eigenvalue weighted by Gasteiger charge is 2.28. The lowest BCUT2D eigenvalue weighted by molar-refractivity contribution is -0.858. The molecule has 1 fully saturated rings. The lowest BCUT2D eigenvalue weighted by Gasteiger charge is -2.32. The lowest BCUT2D eigenvalue weighted by atomic mass is 9.80. The second-order valence-electron chi connectivity index (χ2n) is 6.95. The standard InChI is InChI=1S/C19H31NO/c1-15-9-8-10-16(2)18(15)19(21-14-13-20(3)4)17-11-6-5-7-12-17/h8-10,17,19H,5-7,11-14H2,1-4H3/p+1/t19-/m1/s1. The van der Waals surface area contributed by atoms with Gasteiger partial charge in [0.25, 0.3) is 0 Å². The molecule has 2 rings (SSSR count). The van der Waals surface area contributed by atoms with Crippen LogP contribution in [0.2, 0.25) is 0 Å². The van der Waals surface area contributed by atoms with Gasteiger partial charge in [-0.2, -0.15) is 0 Å². The van der Waals surface area contributed by atoms with Gasteiger partial charge in [0, 0.05) is 0 Å². The average Bonchev–Trinajstić information content (AvgIpc) is 2.46. The number of hydrogen-bond acceptors (Lipinski definition) is 1. The molecule has 0 radical (unpaired) electrons. The fourth-order valence-corrected chi connectivity index (χ4v) is 3.56. The first kappa shape index (κ1) is 16.5. The third kappa shape index (κ3) is 4.55. The fourth-order valence-electron chi connectivity index (χ4n) is 3.56. The van der Waals surface area contributed by atoms with E-state index in [9.17, 15) is 0 Å². The molecule has 1 atom stereocenters. The first-order valence-corrected chi connectivity index (χ1v) is 8.56. The Morgan fingerprint density at radius 3 is 2.29 bits per heavy atom.